The van der Waals surface area contributed by atoms with Gasteiger partial charge in [-0.1, -0.05) is 12.1 Å². The molecule has 1 aromatic carbocycles. The lowest BCUT2D eigenvalue weighted by molar-refractivity contribution is -0.133. The highest BCUT2D eigenvalue weighted by Gasteiger charge is 2.28. The predicted molar refractivity (Wildman–Crippen MR) is 109 cm³/mol. The lowest BCUT2D eigenvalue weighted by atomic mass is 10.2. The van der Waals surface area contributed by atoms with Gasteiger partial charge < -0.3 is 14.4 Å². The molecule has 0 spiro atoms. The molecule has 7 heteroatoms. The first-order valence-electron chi connectivity index (χ1n) is 10.2. The van der Waals surface area contributed by atoms with Gasteiger partial charge >= 0.3 is 0 Å². The topological polar surface area (TPSA) is 57.5 Å². The van der Waals surface area contributed by atoms with Crippen molar-refractivity contribution >= 4 is 11.6 Å². The molecule has 4 rings (SSSR count). The summed E-state index contributed by atoms with van der Waals surface area (Å²) in [6, 6.07) is 8.93. The van der Waals surface area contributed by atoms with Gasteiger partial charge in [-0.25, -0.2) is 0 Å². The van der Waals surface area contributed by atoms with E-state index in [1.807, 2.05) is 11.8 Å². The second-order valence-corrected chi connectivity index (χ2v) is 8.07. The molecular formula is C21H30N6O. The highest BCUT2D eigenvalue weighted by atomic mass is 16.2. The zero-order valence-electron chi connectivity index (χ0n) is 17.1. The Kier molecular flexibility index (Phi) is 5.35. The van der Waals surface area contributed by atoms with Gasteiger partial charge in [-0.05, 0) is 38.5 Å². The molecule has 1 atom stereocenters. The minimum Gasteiger partial charge on any atom is -0.369 e. The van der Waals surface area contributed by atoms with Crippen LogP contribution >= 0.6 is 0 Å². The van der Waals surface area contributed by atoms with Gasteiger partial charge in [-0.15, -0.1) is 10.2 Å². The van der Waals surface area contributed by atoms with E-state index in [2.05, 4.69) is 62.7 Å². The molecule has 1 amide bonds. The fourth-order valence-electron chi connectivity index (χ4n) is 4.39. The quantitative estimate of drug-likeness (QED) is 0.810. The highest BCUT2D eigenvalue weighted by molar-refractivity contribution is 5.76. The maximum atomic E-state index is 12.8. The Morgan fingerprint density at radius 3 is 2.68 bits per heavy atom. The lowest BCUT2D eigenvalue weighted by Crippen LogP contribution is -2.48. The number of hydrogen-bond donors (Lipinski definition) is 0. The number of carbonyl (C=O) groups is 1. The van der Waals surface area contributed by atoms with E-state index in [4.69, 9.17) is 0 Å². The smallest absolute Gasteiger partial charge is 0.224 e. The van der Waals surface area contributed by atoms with Gasteiger partial charge in [0.25, 0.3) is 0 Å². The van der Waals surface area contributed by atoms with E-state index in [0.29, 0.717) is 13.0 Å². The molecule has 0 N–H and O–H groups in total. The van der Waals surface area contributed by atoms with Crippen LogP contribution in [-0.4, -0.2) is 69.7 Å². The summed E-state index contributed by atoms with van der Waals surface area (Å²) in [6.07, 6.45) is 0.574. The zero-order chi connectivity index (χ0) is 19.7. The summed E-state index contributed by atoms with van der Waals surface area (Å²) in [5, 5.41) is 8.40. The molecule has 1 unspecified atom stereocenters. The van der Waals surface area contributed by atoms with Crippen LogP contribution in [0.15, 0.2) is 24.3 Å². The number of nitrogens with zero attached hydrogens (tertiary/aromatic N) is 6. The minimum atomic E-state index is 0.222. The fourth-order valence-corrected chi connectivity index (χ4v) is 4.39. The Balaban J connectivity index is 1.26. The summed E-state index contributed by atoms with van der Waals surface area (Å²) in [7, 11) is 0. The van der Waals surface area contributed by atoms with Crippen molar-refractivity contribution in [2.24, 2.45) is 0 Å². The number of carbonyl (C=O) groups excluding carboxylic acids is 1. The predicted octanol–water partition coefficient (Wildman–Crippen LogP) is 2.01. The van der Waals surface area contributed by atoms with Crippen LogP contribution in [0.2, 0.25) is 0 Å². The van der Waals surface area contributed by atoms with E-state index in [-0.39, 0.29) is 11.9 Å². The number of amides is 1. The largest absolute Gasteiger partial charge is 0.369 e. The molecule has 150 valence electrons. The number of benzene rings is 1. The summed E-state index contributed by atoms with van der Waals surface area (Å²) >= 11 is 0. The van der Waals surface area contributed by atoms with Gasteiger partial charge in [-0.2, -0.15) is 0 Å². The van der Waals surface area contributed by atoms with Crippen LogP contribution in [0.25, 0.3) is 0 Å². The summed E-state index contributed by atoms with van der Waals surface area (Å²) in [5.74, 6) is 2.05. The summed E-state index contributed by atoms with van der Waals surface area (Å²) in [5.41, 5.74) is 2.60. The van der Waals surface area contributed by atoms with Crippen LogP contribution in [0.5, 0.6) is 0 Å². The number of hydrogen-bond acceptors (Lipinski definition) is 5. The lowest BCUT2D eigenvalue weighted by Gasteiger charge is -2.37. The molecule has 1 fully saturated rings. The number of aromatic nitrogens is 3. The van der Waals surface area contributed by atoms with Crippen LogP contribution < -0.4 is 4.90 Å². The molecular weight excluding hydrogens is 352 g/mol. The molecule has 28 heavy (non-hydrogen) atoms. The molecule has 0 saturated carbocycles. The highest BCUT2D eigenvalue weighted by Crippen LogP contribution is 2.22. The van der Waals surface area contributed by atoms with Crippen molar-refractivity contribution in [1.29, 1.82) is 0 Å². The fraction of sp³-hybridized carbons (Fsp3) is 0.571. The Labute approximate surface area is 166 Å². The van der Waals surface area contributed by atoms with Crippen molar-refractivity contribution < 1.29 is 4.79 Å². The SMILES string of the molecule is Cc1cccc(N2CCN(CCC(=O)N3Cc4nnc(C)n4C(C)C3)CC2)c1. The maximum Gasteiger partial charge on any atom is 0.224 e. The maximum absolute atomic E-state index is 12.8. The van der Waals surface area contributed by atoms with Crippen molar-refractivity contribution in [3.8, 4) is 0 Å². The van der Waals surface area contributed by atoms with Gasteiger partial charge in [0.15, 0.2) is 5.82 Å². The van der Waals surface area contributed by atoms with Crippen LogP contribution in [0.4, 0.5) is 5.69 Å². The van der Waals surface area contributed by atoms with E-state index in [0.717, 1.165) is 50.9 Å². The Morgan fingerprint density at radius 2 is 1.93 bits per heavy atom. The first-order valence-corrected chi connectivity index (χ1v) is 10.2. The van der Waals surface area contributed by atoms with Crippen LogP contribution in [0.1, 0.15) is 36.6 Å². The van der Waals surface area contributed by atoms with E-state index in [9.17, 15) is 4.79 Å². The Bertz CT molecular complexity index is 839. The zero-order valence-corrected chi connectivity index (χ0v) is 17.1. The third kappa shape index (κ3) is 3.90. The van der Waals surface area contributed by atoms with Gasteiger partial charge in [0.1, 0.15) is 5.82 Å². The van der Waals surface area contributed by atoms with Crippen molar-refractivity contribution in [2.45, 2.75) is 39.8 Å². The third-order valence-electron chi connectivity index (χ3n) is 5.93. The molecule has 1 saturated heterocycles. The average Bonchev–Trinajstić information content (AvgIpc) is 3.08. The van der Waals surface area contributed by atoms with E-state index >= 15 is 0 Å². The number of fused-ring (bicyclic) bond motifs is 1. The summed E-state index contributed by atoms with van der Waals surface area (Å²) in [4.78, 5) is 19.5. The first kappa shape index (κ1) is 18.9. The number of anilines is 1. The minimum absolute atomic E-state index is 0.222. The third-order valence-corrected chi connectivity index (χ3v) is 5.93. The van der Waals surface area contributed by atoms with Gasteiger partial charge in [0, 0.05) is 51.4 Å². The monoisotopic (exact) mass is 382 g/mol. The molecule has 3 heterocycles. The van der Waals surface area contributed by atoms with Crippen LogP contribution in [-0.2, 0) is 11.3 Å². The second kappa shape index (κ2) is 7.91. The van der Waals surface area contributed by atoms with Crippen molar-refractivity contribution in [3.05, 3.63) is 41.5 Å². The van der Waals surface area contributed by atoms with Crippen molar-refractivity contribution in [3.63, 3.8) is 0 Å². The number of aryl methyl sites for hydroxylation is 2. The van der Waals surface area contributed by atoms with Gasteiger partial charge in [0.2, 0.25) is 5.91 Å². The molecule has 2 aliphatic rings. The normalized spacial score (nSPS) is 20.3. The molecule has 0 bridgehead atoms. The molecule has 2 aromatic rings. The molecule has 0 aliphatic carbocycles. The first-order chi connectivity index (χ1) is 13.5. The average molecular weight is 383 g/mol. The Morgan fingerprint density at radius 1 is 1.14 bits per heavy atom. The molecule has 1 aromatic heterocycles. The van der Waals surface area contributed by atoms with E-state index in [1.165, 1.54) is 11.3 Å². The summed E-state index contributed by atoms with van der Waals surface area (Å²) in [6.45, 7) is 12.4. The number of rotatable bonds is 4. The molecule has 7 nitrogen and oxygen atoms in total. The standard InChI is InChI=1S/C21H30N6O/c1-16-5-4-6-19(13-16)25-11-9-24(10-12-25)8-7-21(28)26-14-17(2)27-18(3)22-23-20(27)15-26/h4-6,13,17H,7-12,14-15H2,1-3H3. The second-order valence-electron chi connectivity index (χ2n) is 8.07. The number of piperazine rings is 1. The van der Waals surface area contributed by atoms with Gasteiger partial charge in [-0.3, -0.25) is 9.69 Å². The van der Waals surface area contributed by atoms with Crippen molar-refractivity contribution in [2.75, 3.05) is 44.2 Å². The van der Waals surface area contributed by atoms with Crippen molar-refractivity contribution in [1.82, 2.24) is 24.6 Å². The van der Waals surface area contributed by atoms with E-state index in [1.54, 1.807) is 0 Å². The van der Waals surface area contributed by atoms with Crippen LogP contribution in [0.3, 0.4) is 0 Å². The van der Waals surface area contributed by atoms with Crippen LogP contribution in [0, 0.1) is 13.8 Å². The Hall–Kier alpha value is -2.41. The molecule has 0 radical (unpaired) electrons. The summed E-state index contributed by atoms with van der Waals surface area (Å²) < 4.78 is 2.15. The van der Waals surface area contributed by atoms with Gasteiger partial charge in [0.05, 0.1) is 12.6 Å². The molecule has 2 aliphatic heterocycles. The van der Waals surface area contributed by atoms with E-state index < -0.39 is 0 Å².